The maximum absolute atomic E-state index is 10.4. The van der Waals surface area contributed by atoms with Crippen molar-refractivity contribution >= 4 is 41.2 Å². The number of sulfone groups is 1. The fourth-order valence-corrected chi connectivity index (χ4v) is 3.07. The first-order chi connectivity index (χ1) is 4.15. The minimum Gasteiger partial charge on any atom is -0.226 e. The zero-order valence-corrected chi connectivity index (χ0v) is 7.93. The standard InChI is InChI=1S/C2H4Cl2O4S2/c1-9(5,6)2(3)10(4,7)8/h2H,1H3. The van der Waals surface area contributed by atoms with Gasteiger partial charge >= 0.3 is 0 Å². The van der Waals surface area contributed by atoms with E-state index in [0.29, 0.717) is 6.26 Å². The van der Waals surface area contributed by atoms with Crippen molar-refractivity contribution in [2.45, 2.75) is 4.04 Å². The van der Waals surface area contributed by atoms with Crippen LogP contribution in [0.25, 0.3) is 0 Å². The summed E-state index contributed by atoms with van der Waals surface area (Å²) < 4.78 is 39.2. The van der Waals surface area contributed by atoms with E-state index in [2.05, 4.69) is 10.7 Å². The van der Waals surface area contributed by atoms with Crippen molar-refractivity contribution in [3.8, 4) is 0 Å². The molecule has 0 aromatic carbocycles. The van der Waals surface area contributed by atoms with E-state index in [1.54, 1.807) is 0 Å². The Kier molecular flexibility index (Phi) is 2.98. The Morgan fingerprint density at radius 3 is 1.50 bits per heavy atom. The van der Waals surface area contributed by atoms with E-state index in [0.717, 1.165) is 0 Å². The lowest BCUT2D eigenvalue weighted by Crippen LogP contribution is -2.19. The molecule has 0 aliphatic carbocycles. The van der Waals surface area contributed by atoms with Gasteiger partial charge in [-0.05, 0) is 0 Å². The van der Waals surface area contributed by atoms with E-state index in [9.17, 15) is 16.8 Å². The second-order valence-electron chi connectivity index (χ2n) is 1.58. The van der Waals surface area contributed by atoms with Crippen LogP contribution in [0.3, 0.4) is 0 Å². The molecule has 0 aliphatic rings. The fraction of sp³-hybridized carbons (Fsp3) is 1.00. The van der Waals surface area contributed by atoms with Gasteiger partial charge < -0.3 is 0 Å². The minimum absolute atomic E-state index is 0.685. The monoisotopic (exact) mass is 226 g/mol. The van der Waals surface area contributed by atoms with Crippen molar-refractivity contribution < 1.29 is 16.8 Å². The highest BCUT2D eigenvalue weighted by Gasteiger charge is 2.30. The number of halogens is 2. The molecule has 0 saturated carbocycles. The summed E-state index contributed by atoms with van der Waals surface area (Å²) in [6.07, 6.45) is 0.685. The third kappa shape index (κ3) is 3.05. The van der Waals surface area contributed by atoms with E-state index in [4.69, 9.17) is 11.6 Å². The van der Waals surface area contributed by atoms with Gasteiger partial charge in [0, 0.05) is 16.9 Å². The molecule has 0 rings (SSSR count). The van der Waals surface area contributed by atoms with E-state index < -0.39 is 22.9 Å². The highest BCUT2D eigenvalue weighted by atomic mass is 35.7. The van der Waals surface area contributed by atoms with Crippen LogP contribution in [-0.4, -0.2) is 27.1 Å². The average Bonchev–Trinajstić information content (AvgIpc) is 1.59. The van der Waals surface area contributed by atoms with Crippen molar-refractivity contribution in [3.63, 3.8) is 0 Å². The molecule has 4 nitrogen and oxygen atoms in total. The Morgan fingerprint density at radius 2 is 1.50 bits per heavy atom. The summed E-state index contributed by atoms with van der Waals surface area (Å²) in [4.78, 5) is 0. The highest BCUT2D eigenvalue weighted by molar-refractivity contribution is 8.23. The fourth-order valence-electron chi connectivity index (χ4n) is 0.209. The third-order valence-electron chi connectivity index (χ3n) is 0.558. The first-order valence-corrected chi connectivity index (χ1v) is 6.68. The second-order valence-corrected chi connectivity index (χ2v) is 7.68. The summed E-state index contributed by atoms with van der Waals surface area (Å²) in [5.41, 5.74) is 0. The van der Waals surface area contributed by atoms with Crippen LogP contribution >= 0.6 is 22.3 Å². The van der Waals surface area contributed by atoms with E-state index >= 15 is 0 Å². The lowest BCUT2D eigenvalue weighted by Gasteiger charge is -2.00. The van der Waals surface area contributed by atoms with Gasteiger partial charge in [0.05, 0.1) is 0 Å². The number of alkyl halides is 1. The lowest BCUT2D eigenvalue weighted by atomic mass is 11.8. The molecule has 0 saturated heterocycles. The van der Waals surface area contributed by atoms with Crippen LogP contribution in [0.2, 0.25) is 0 Å². The number of hydrogen-bond donors (Lipinski definition) is 0. The molecule has 0 spiro atoms. The van der Waals surface area contributed by atoms with Gasteiger partial charge in [-0.2, -0.15) is 0 Å². The molecule has 0 aromatic heterocycles. The molecule has 1 unspecified atom stereocenters. The largest absolute Gasteiger partial charge is 0.264 e. The van der Waals surface area contributed by atoms with Crippen LogP contribution in [0.4, 0.5) is 0 Å². The predicted molar refractivity (Wildman–Crippen MR) is 39.3 cm³/mol. The molecular weight excluding hydrogens is 223 g/mol. The Labute approximate surface area is 68.5 Å². The van der Waals surface area contributed by atoms with Gasteiger partial charge in [-0.1, -0.05) is 11.6 Å². The second kappa shape index (κ2) is 2.84. The summed E-state index contributed by atoms with van der Waals surface area (Å²) in [5.74, 6) is 0. The smallest absolute Gasteiger partial charge is 0.226 e. The first kappa shape index (κ1) is 10.5. The lowest BCUT2D eigenvalue weighted by molar-refractivity contribution is 0.595. The summed E-state index contributed by atoms with van der Waals surface area (Å²) in [6.45, 7) is 0. The zero-order valence-electron chi connectivity index (χ0n) is 4.78. The molecule has 0 heterocycles. The first-order valence-electron chi connectivity index (χ1n) is 1.92. The molecule has 0 aromatic rings. The topological polar surface area (TPSA) is 68.3 Å². The maximum atomic E-state index is 10.4. The molecular formula is C2H4Cl2O4S2. The summed E-state index contributed by atoms with van der Waals surface area (Å²) in [6, 6.07) is 0. The molecule has 0 bridgehead atoms. The van der Waals surface area contributed by atoms with Crippen LogP contribution in [0.15, 0.2) is 0 Å². The quantitative estimate of drug-likeness (QED) is 0.496. The van der Waals surface area contributed by atoms with E-state index in [1.165, 1.54) is 0 Å². The van der Waals surface area contributed by atoms with Gasteiger partial charge in [0.25, 0.3) is 9.05 Å². The van der Waals surface area contributed by atoms with Gasteiger partial charge in [-0.25, -0.2) is 16.8 Å². The average molecular weight is 227 g/mol. The van der Waals surface area contributed by atoms with Gasteiger partial charge in [0.1, 0.15) is 0 Å². The summed E-state index contributed by atoms with van der Waals surface area (Å²) in [5, 5.41) is 0. The van der Waals surface area contributed by atoms with Crippen LogP contribution in [0, 0.1) is 0 Å². The Balaban J connectivity index is 4.94. The van der Waals surface area contributed by atoms with Crippen LogP contribution in [0.5, 0.6) is 0 Å². The third-order valence-corrected chi connectivity index (χ3v) is 6.28. The minimum atomic E-state index is -4.21. The molecule has 10 heavy (non-hydrogen) atoms. The number of rotatable bonds is 2. The van der Waals surface area contributed by atoms with Crippen molar-refractivity contribution in [2.24, 2.45) is 0 Å². The maximum Gasteiger partial charge on any atom is 0.264 e. The molecule has 0 aliphatic heterocycles. The molecule has 0 fully saturated rings. The van der Waals surface area contributed by atoms with Gasteiger partial charge in [-0.3, -0.25) is 0 Å². The van der Waals surface area contributed by atoms with E-state index in [-0.39, 0.29) is 0 Å². The van der Waals surface area contributed by atoms with Crippen LogP contribution < -0.4 is 0 Å². The van der Waals surface area contributed by atoms with Crippen LogP contribution in [-0.2, 0) is 18.9 Å². The van der Waals surface area contributed by atoms with Crippen molar-refractivity contribution in [1.29, 1.82) is 0 Å². The highest BCUT2D eigenvalue weighted by Crippen LogP contribution is 2.16. The molecule has 62 valence electrons. The van der Waals surface area contributed by atoms with Gasteiger partial charge in [0.15, 0.2) is 9.84 Å². The summed E-state index contributed by atoms with van der Waals surface area (Å²) >= 11 is 4.93. The van der Waals surface area contributed by atoms with Crippen LogP contribution in [0.1, 0.15) is 0 Å². The molecule has 0 amide bonds. The molecule has 1 atom stereocenters. The zero-order chi connectivity index (χ0) is 8.58. The molecule has 0 radical (unpaired) electrons. The van der Waals surface area contributed by atoms with Crippen molar-refractivity contribution in [2.75, 3.05) is 6.26 Å². The van der Waals surface area contributed by atoms with E-state index in [1.807, 2.05) is 0 Å². The summed E-state index contributed by atoms with van der Waals surface area (Å²) in [7, 11) is -3.40. The predicted octanol–water partition coefficient (Wildman–Crippen LogP) is 0.122. The SMILES string of the molecule is CS(=O)(=O)C(Cl)S(=O)(=O)Cl. The Hall–Kier alpha value is 0.480. The number of hydrogen-bond acceptors (Lipinski definition) is 4. The van der Waals surface area contributed by atoms with Gasteiger partial charge in [0.2, 0.25) is 4.04 Å². The Bertz CT molecular complexity index is 268. The molecule has 0 N–H and O–H groups in total. The molecule has 8 heteroatoms. The Morgan fingerprint density at radius 1 is 1.20 bits per heavy atom. The van der Waals surface area contributed by atoms with Crippen molar-refractivity contribution in [1.82, 2.24) is 0 Å². The normalized spacial score (nSPS) is 16.7. The van der Waals surface area contributed by atoms with Crippen molar-refractivity contribution in [3.05, 3.63) is 0 Å². The van der Waals surface area contributed by atoms with Gasteiger partial charge in [-0.15, -0.1) is 0 Å².